The molecule has 2 saturated heterocycles. The molecule has 1 aromatic heterocycles. The van der Waals surface area contributed by atoms with Crippen LogP contribution in [0.25, 0.3) is 0 Å². The van der Waals surface area contributed by atoms with Gasteiger partial charge in [-0.1, -0.05) is 0 Å². The fourth-order valence-electron chi connectivity index (χ4n) is 2.97. The van der Waals surface area contributed by atoms with Crippen LogP contribution in [0, 0.1) is 0 Å². The van der Waals surface area contributed by atoms with Crippen molar-refractivity contribution in [3.05, 3.63) is 18.0 Å². The second-order valence-corrected chi connectivity index (χ2v) is 7.95. The maximum absolute atomic E-state index is 12.6. The standard InChI is InChI=1S/C14H23N3O4S/c1-16-9-12(8-15-16)14-10-17(5-7-21-14)22(18,19)11-13-4-2-3-6-20-13/h8-9,13-14H,2-7,10-11H2,1H3/t13-,14+/m0/s1. The summed E-state index contributed by atoms with van der Waals surface area (Å²) < 4.78 is 39.7. The van der Waals surface area contributed by atoms with E-state index in [-0.39, 0.29) is 18.0 Å². The first-order valence-corrected chi connectivity index (χ1v) is 9.35. The lowest BCUT2D eigenvalue weighted by Gasteiger charge is -2.33. The Morgan fingerprint density at radius 2 is 2.18 bits per heavy atom. The highest BCUT2D eigenvalue weighted by atomic mass is 32.2. The molecular weight excluding hydrogens is 306 g/mol. The average Bonchev–Trinajstić information content (AvgIpc) is 2.95. The van der Waals surface area contributed by atoms with Gasteiger partial charge in [-0.3, -0.25) is 4.68 Å². The molecule has 2 aliphatic rings. The van der Waals surface area contributed by atoms with Crippen LogP contribution in [0.5, 0.6) is 0 Å². The van der Waals surface area contributed by atoms with Crippen molar-refractivity contribution in [3.63, 3.8) is 0 Å². The predicted molar refractivity (Wildman–Crippen MR) is 80.9 cm³/mol. The van der Waals surface area contributed by atoms with Crippen molar-refractivity contribution in [3.8, 4) is 0 Å². The van der Waals surface area contributed by atoms with E-state index in [0.717, 1.165) is 24.8 Å². The molecule has 124 valence electrons. The lowest BCUT2D eigenvalue weighted by atomic mass is 10.1. The van der Waals surface area contributed by atoms with Crippen molar-refractivity contribution in [2.24, 2.45) is 7.05 Å². The first-order valence-electron chi connectivity index (χ1n) is 7.74. The lowest BCUT2D eigenvalue weighted by Crippen LogP contribution is -2.45. The third kappa shape index (κ3) is 3.68. The Kier molecular flexibility index (Phi) is 4.82. The molecule has 8 heteroatoms. The monoisotopic (exact) mass is 329 g/mol. The van der Waals surface area contributed by atoms with Crippen molar-refractivity contribution in [2.75, 3.05) is 32.1 Å². The second kappa shape index (κ2) is 6.66. The quantitative estimate of drug-likeness (QED) is 0.813. The van der Waals surface area contributed by atoms with Gasteiger partial charge >= 0.3 is 0 Å². The molecule has 2 aliphatic heterocycles. The van der Waals surface area contributed by atoms with E-state index in [0.29, 0.717) is 26.3 Å². The number of sulfonamides is 1. The van der Waals surface area contributed by atoms with E-state index < -0.39 is 10.0 Å². The van der Waals surface area contributed by atoms with Gasteiger partial charge in [-0.2, -0.15) is 9.40 Å². The first-order chi connectivity index (χ1) is 10.5. The van der Waals surface area contributed by atoms with Crippen LogP contribution in [0.2, 0.25) is 0 Å². The summed E-state index contributed by atoms with van der Waals surface area (Å²) in [6.07, 6.45) is 6.08. The van der Waals surface area contributed by atoms with E-state index >= 15 is 0 Å². The second-order valence-electron chi connectivity index (χ2n) is 5.93. The van der Waals surface area contributed by atoms with E-state index in [2.05, 4.69) is 5.10 Å². The minimum Gasteiger partial charge on any atom is -0.377 e. The van der Waals surface area contributed by atoms with Crippen LogP contribution in [0.15, 0.2) is 12.4 Å². The minimum atomic E-state index is -3.32. The van der Waals surface area contributed by atoms with Crippen molar-refractivity contribution >= 4 is 10.0 Å². The third-order valence-electron chi connectivity index (χ3n) is 4.19. The number of morpholine rings is 1. The zero-order chi connectivity index (χ0) is 15.6. The highest BCUT2D eigenvalue weighted by Gasteiger charge is 2.33. The molecule has 3 rings (SSSR count). The maximum Gasteiger partial charge on any atom is 0.216 e. The van der Waals surface area contributed by atoms with Gasteiger partial charge in [0.1, 0.15) is 0 Å². The molecular formula is C14H23N3O4S. The molecule has 2 fully saturated rings. The molecule has 0 radical (unpaired) electrons. The number of ether oxygens (including phenoxy) is 2. The van der Waals surface area contributed by atoms with Crippen LogP contribution in [0.3, 0.4) is 0 Å². The van der Waals surface area contributed by atoms with Gasteiger partial charge in [0, 0.05) is 38.5 Å². The Balaban J connectivity index is 1.65. The van der Waals surface area contributed by atoms with Gasteiger partial charge in [-0.15, -0.1) is 0 Å². The van der Waals surface area contributed by atoms with E-state index in [4.69, 9.17) is 9.47 Å². The Bertz CT molecular complexity index is 595. The smallest absolute Gasteiger partial charge is 0.216 e. The molecule has 0 amide bonds. The summed E-state index contributed by atoms with van der Waals surface area (Å²) in [7, 11) is -1.48. The van der Waals surface area contributed by atoms with Crippen molar-refractivity contribution < 1.29 is 17.9 Å². The van der Waals surface area contributed by atoms with Crippen LogP contribution in [-0.4, -0.2) is 60.7 Å². The SMILES string of the molecule is Cn1cc([C@H]2CN(S(=O)(=O)C[C@@H]3CCCCO3)CCO2)cn1. The van der Waals surface area contributed by atoms with Crippen LogP contribution >= 0.6 is 0 Å². The molecule has 0 spiro atoms. The van der Waals surface area contributed by atoms with Gasteiger partial charge < -0.3 is 9.47 Å². The molecule has 3 heterocycles. The number of aromatic nitrogens is 2. The Hall–Kier alpha value is -0.960. The molecule has 7 nitrogen and oxygen atoms in total. The largest absolute Gasteiger partial charge is 0.377 e. The summed E-state index contributed by atoms with van der Waals surface area (Å²) in [5, 5.41) is 4.12. The molecule has 0 bridgehead atoms. The van der Waals surface area contributed by atoms with Gasteiger partial charge in [0.25, 0.3) is 0 Å². The molecule has 1 aromatic rings. The summed E-state index contributed by atoms with van der Waals surface area (Å²) in [5.74, 6) is 0.0762. The molecule has 0 unspecified atom stereocenters. The van der Waals surface area contributed by atoms with Crippen LogP contribution < -0.4 is 0 Å². The summed E-state index contributed by atoms with van der Waals surface area (Å²) >= 11 is 0. The van der Waals surface area contributed by atoms with Gasteiger partial charge in [-0.05, 0) is 19.3 Å². The summed E-state index contributed by atoms with van der Waals surface area (Å²) in [6, 6.07) is 0. The number of rotatable bonds is 4. The number of hydrogen-bond acceptors (Lipinski definition) is 5. The van der Waals surface area contributed by atoms with Gasteiger partial charge in [0.05, 0.1) is 30.8 Å². The summed E-state index contributed by atoms with van der Waals surface area (Å²) in [5.41, 5.74) is 0.913. The highest BCUT2D eigenvalue weighted by Crippen LogP contribution is 2.24. The lowest BCUT2D eigenvalue weighted by molar-refractivity contribution is -0.00425. The Labute approximate surface area is 131 Å². The zero-order valence-corrected chi connectivity index (χ0v) is 13.7. The number of aryl methyl sites for hydroxylation is 1. The van der Waals surface area contributed by atoms with Crippen molar-refractivity contribution in [2.45, 2.75) is 31.5 Å². The van der Waals surface area contributed by atoms with Gasteiger partial charge in [0.15, 0.2) is 0 Å². The van der Waals surface area contributed by atoms with Crippen molar-refractivity contribution in [1.29, 1.82) is 0 Å². The fraction of sp³-hybridized carbons (Fsp3) is 0.786. The molecule has 2 atom stereocenters. The van der Waals surface area contributed by atoms with Gasteiger partial charge in [-0.25, -0.2) is 8.42 Å². The van der Waals surface area contributed by atoms with Crippen molar-refractivity contribution in [1.82, 2.24) is 14.1 Å². The Morgan fingerprint density at radius 3 is 2.86 bits per heavy atom. The fourth-order valence-corrected chi connectivity index (χ4v) is 4.62. The topological polar surface area (TPSA) is 73.7 Å². The van der Waals surface area contributed by atoms with E-state index in [9.17, 15) is 8.42 Å². The predicted octanol–water partition coefficient (Wildman–Crippen LogP) is 0.692. The molecule has 0 N–H and O–H groups in total. The highest BCUT2D eigenvalue weighted by molar-refractivity contribution is 7.89. The van der Waals surface area contributed by atoms with Crippen LogP contribution in [0.1, 0.15) is 30.9 Å². The average molecular weight is 329 g/mol. The third-order valence-corrected chi connectivity index (χ3v) is 6.10. The van der Waals surface area contributed by atoms with E-state index in [1.54, 1.807) is 10.9 Å². The maximum atomic E-state index is 12.6. The Morgan fingerprint density at radius 1 is 1.32 bits per heavy atom. The molecule has 22 heavy (non-hydrogen) atoms. The number of nitrogens with zero attached hydrogens (tertiary/aromatic N) is 3. The number of hydrogen-bond donors (Lipinski definition) is 0. The zero-order valence-electron chi connectivity index (χ0n) is 12.8. The summed E-state index contributed by atoms with van der Waals surface area (Å²) in [4.78, 5) is 0. The normalized spacial score (nSPS) is 27.9. The van der Waals surface area contributed by atoms with E-state index in [1.165, 1.54) is 4.31 Å². The summed E-state index contributed by atoms with van der Waals surface area (Å²) in [6.45, 7) is 1.83. The molecule has 0 aliphatic carbocycles. The van der Waals surface area contributed by atoms with Gasteiger partial charge in [0.2, 0.25) is 10.0 Å². The molecule has 0 saturated carbocycles. The minimum absolute atomic E-state index is 0.0762. The van der Waals surface area contributed by atoms with E-state index in [1.807, 2.05) is 13.2 Å². The van der Waals surface area contributed by atoms with Crippen LogP contribution in [-0.2, 0) is 26.5 Å². The first kappa shape index (κ1) is 15.9. The van der Waals surface area contributed by atoms with Crippen LogP contribution in [0.4, 0.5) is 0 Å². The molecule has 0 aromatic carbocycles.